The summed E-state index contributed by atoms with van der Waals surface area (Å²) in [6, 6.07) is 21.6. The van der Waals surface area contributed by atoms with Crippen LogP contribution in [0.25, 0.3) is 61.0 Å². The van der Waals surface area contributed by atoms with Crippen molar-refractivity contribution >= 4 is 61.0 Å². The fraction of sp³-hybridized carbons (Fsp3) is 0.182. The van der Waals surface area contributed by atoms with Crippen LogP contribution in [0.2, 0.25) is 0 Å². The van der Waals surface area contributed by atoms with E-state index in [9.17, 15) is 0 Å². The molecule has 6 aromatic rings. The topological polar surface area (TPSA) is 43.9 Å². The Labute approximate surface area is 279 Å². The number of benzene rings is 3. The van der Waals surface area contributed by atoms with E-state index in [4.69, 9.17) is 14.4 Å². The zero-order valence-electron chi connectivity index (χ0n) is 26.8. The average molecular weight is 622 g/mol. The molecule has 0 radical (unpaired) electrons. The third-order valence-corrected chi connectivity index (χ3v) is 10.6. The number of furan rings is 1. The van der Waals surface area contributed by atoms with Gasteiger partial charge in [-0.1, -0.05) is 91.1 Å². The Morgan fingerprint density at radius 1 is 0.688 bits per heavy atom. The highest BCUT2D eigenvalue weighted by molar-refractivity contribution is 6.23. The standard InChI is InChI=1S/C44H35N3O/c1-2-10-28(11-3-1)29-18-20-30(21-19-29)43-33-12-4-7-15-36(33)45-44(46-43)31-22-24-32(25-23-31)47-37-16-8-5-13-34(37)41-38(47)26-27-40-42(41)35-14-6-9-17-39(35)48-40/h1-2,4-8,10,12-16,18,20,22,24-27,31H,3,9,11,17,19,21,23H2. The van der Waals surface area contributed by atoms with E-state index in [0.29, 0.717) is 0 Å². The molecule has 0 amide bonds. The van der Waals surface area contributed by atoms with Gasteiger partial charge in [-0.25, -0.2) is 9.97 Å². The van der Waals surface area contributed by atoms with Crippen LogP contribution in [0.4, 0.5) is 0 Å². The smallest absolute Gasteiger partial charge is 0.136 e. The van der Waals surface area contributed by atoms with Crippen molar-refractivity contribution in [2.24, 2.45) is 0 Å². The first-order valence-corrected chi connectivity index (χ1v) is 17.4. The largest absolute Gasteiger partial charge is 0.460 e. The van der Waals surface area contributed by atoms with Crippen molar-refractivity contribution < 1.29 is 4.42 Å². The molecule has 0 saturated heterocycles. The van der Waals surface area contributed by atoms with Crippen LogP contribution in [0.15, 0.2) is 131 Å². The van der Waals surface area contributed by atoms with Crippen LogP contribution in [0.3, 0.4) is 0 Å². The predicted molar refractivity (Wildman–Crippen MR) is 199 cm³/mol. The maximum atomic E-state index is 6.37. The zero-order valence-corrected chi connectivity index (χ0v) is 26.8. The highest BCUT2D eigenvalue weighted by Crippen LogP contribution is 2.43. The third-order valence-electron chi connectivity index (χ3n) is 10.6. The molecule has 3 aromatic heterocycles. The third kappa shape index (κ3) is 4.36. The van der Waals surface area contributed by atoms with Gasteiger partial charge >= 0.3 is 0 Å². The lowest BCUT2D eigenvalue weighted by Gasteiger charge is -2.21. The lowest BCUT2D eigenvalue weighted by Crippen LogP contribution is -2.09. The molecule has 0 saturated carbocycles. The molecule has 232 valence electrons. The molecule has 0 bridgehead atoms. The van der Waals surface area contributed by atoms with Crippen LogP contribution >= 0.6 is 0 Å². The van der Waals surface area contributed by atoms with Crippen molar-refractivity contribution in [1.29, 1.82) is 0 Å². The Morgan fingerprint density at radius 2 is 1.52 bits per heavy atom. The van der Waals surface area contributed by atoms with Gasteiger partial charge in [-0.3, -0.25) is 0 Å². The summed E-state index contributed by atoms with van der Waals surface area (Å²) in [6.45, 7) is 0. The minimum Gasteiger partial charge on any atom is -0.460 e. The molecule has 4 aliphatic carbocycles. The van der Waals surface area contributed by atoms with Gasteiger partial charge in [0.1, 0.15) is 17.2 Å². The minimum absolute atomic E-state index is 0.109. The van der Waals surface area contributed by atoms with E-state index in [1.807, 2.05) is 0 Å². The molecule has 0 aliphatic heterocycles. The van der Waals surface area contributed by atoms with E-state index in [1.54, 1.807) is 0 Å². The van der Waals surface area contributed by atoms with Crippen LogP contribution in [0, 0.1) is 0 Å². The lowest BCUT2D eigenvalue weighted by atomic mass is 9.87. The number of para-hydroxylation sites is 2. The summed E-state index contributed by atoms with van der Waals surface area (Å²) < 4.78 is 8.79. The number of nitrogens with zero attached hydrogens (tertiary/aromatic N) is 3. The number of allylic oxidation sites excluding steroid dienone is 13. The average Bonchev–Trinajstić information content (AvgIpc) is 3.70. The highest BCUT2D eigenvalue weighted by atomic mass is 16.3. The van der Waals surface area contributed by atoms with Gasteiger partial charge < -0.3 is 8.98 Å². The van der Waals surface area contributed by atoms with Crippen LogP contribution in [0.5, 0.6) is 0 Å². The predicted octanol–water partition coefficient (Wildman–Crippen LogP) is 11.4. The van der Waals surface area contributed by atoms with Gasteiger partial charge in [0.15, 0.2) is 0 Å². The van der Waals surface area contributed by atoms with E-state index in [2.05, 4.69) is 126 Å². The summed E-state index contributed by atoms with van der Waals surface area (Å²) in [7, 11) is 0. The summed E-state index contributed by atoms with van der Waals surface area (Å²) in [4.78, 5) is 10.4. The van der Waals surface area contributed by atoms with Gasteiger partial charge in [-0.05, 0) is 85.6 Å². The zero-order chi connectivity index (χ0) is 31.6. The number of fused-ring (bicyclic) bond motifs is 8. The van der Waals surface area contributed by atoms with E-state index in [0.717, 1.165) is 78.7 Å². The molecule has 1 atom stereocenters. The van der Waals surface area contributed by atoms with Crippen molar-refractivity contribution in [3.05, 3.63) is 149 Å². The first-order chi connectivity index (χ1) is 23.8. The van der Waals surface area contributed by atoms with Crippen LogP contribution < -0.4 is 0 Å². The lowest BCUT2D eigenvalue weighted by molar-refractivity contribution is 0.546. The van der Waals surface area contributed by atoms with Crippen molar-refractivity contribution in [2.75, 3.05) is 0 Å². The Balaban J connectivity index is 1.03. The molecule has 4 nitrogen and oxygen atoms in total. The van der Waals surface area contributed by atoms with Crippen molar-refractivity contribution in [3.8, 4) is 0 Å². The Kier molecular flexibility index (Phi) is 6.36. The number of aromatic nitrogens is 3. The van der Waals surface area contributed by atoms with Crippen molar-refractivity contribution in [2.45, 2.75) is 50.9 Å². The summed E-state index contributed by atoms with van der Waals surface area (Å²) in [5.41, 5.74) is 12.2. The second-order valence-electron chi connectivity index (χ2n) is 13.4. The molecule has 4 heteroatoms. The van der Waals surface area contributed by atoms with E-state index < -0.39 is 0 Å². The summed E-state index contributed by atoms with van der Waals surface area (Å²) in [6.07, 6.45) is 30.0. The maximum Gasteiger partial charge on any atom is 0.136 e. The first kappa shape index (κ1) is 27.6. The number of rotatable bonds is 4. The molecule has 3 aromatic carbocycles. The van der Waals surface area contributed by atoms with Crippen molar-refractivity contribution in [1.82, 2.24) is 14.5 Å². The monoisotopic (exact) mass is 621 g/mol. The molecule has 0 spiro atoms. The van der Waals surface area contributed by atoms with Crippen LogP contribution in [0.1, 0.15) is 67.3 Å². The fourth-order valence-corrected chi connectivity index (χ4v) is 8.22. The quantitative estimate of drug-likeness (QED) is 0.197. The van der Waals surface area contributed by atoms with Crippen molar-refractivity contribution in [3.63, 3.8) is 0 Å². The molecule has 3 heterocycles. The van der Waals surface area contributed by atoms with Gasteiger partial charge in [0.2, 0.25) is 0 Å². The van der Waals surface area contributed by atoms with Crippen LogP contribution in [-0.4, -0.2) is 14.5 Å². The van der Waals surface area contributed by atoms with E-state index in [1.165, 1.54) is 55.2 Å². The molecule has 48 heavy (non-hydrogen) atoms. The van der Waals surface area contributed by atoms with Gasteiger partial charge in [-0.2, -0.15) is 0 Å². The number of hydrogen-bond donors (Lipinski definition) is 0. The molecule has 0 fully saturated rings. The second kappa shape index (κ2) is 11.1. The Hall–Kier alpha value is -5.48. The molecular formula is C44H35N3O. The van der Waals surface area contributed by atoms with Gasteiger partial charge in [-0.15, -0.1) is 0 Å². The summed E-state index contributed by atoms with van der Waals surface area (Å²) >= 11 is 0. The molecule has 0 N–H and O–H groups in total. The first-order valence-electron chi connectivity index (χ1n) is 17.4. The van der Waals surface area contributed by atoms with Crippen LogP contribution in [-0.2, 0) is 6.42 Å². The molecule has 1 unspecified atom stereocenters. The molecular weight excluding hydrogens is 587 g/mol. The normalized spacial score (nSPS) is 19.1. The Morgan fingerprint density at radius 3 is 2.38 bits per heavy atom. The summed E-state index contributed by atoms with van der Waals surface area (Å²) in [5, 5.41) is 4.89. The number of hydrogen-bond acceptors (Lipinski definition) is 3. The Bertz CT molecular complexity index is 2540. The second-order valence-corrected chi connectivity index (χ2v) is 13.4. The fourth-order valence-electron chi connectivity index (χ4n) is 8.22. The van der Waals surface area contributed by atoms with E-state index >= 15 is 0 Å². The minimum atomic E-state index is 0.109. The molecule has 10 rings (SSSR count). The van der Waals surface area contributed by atoms with Gasteiger partial charge in [0.05, 0.1) is 22.2 Å². The van der Waals surface area contributed by atoms with Gasteiger partial charge in [0, 0.05) is 45.1 Å². The van der Waals surface area contributed by atoms with Gasteiger partial charge in [0.25, 0.3) is 0 Å². The highest BCUT2D eigenvalue weighted by Gasteiger charge is 2.24. The van der Waals surface area contributed by atoms with E-state index in [-0.39, 0.29) is 5.92 Å². The maximum absolute atomic E-state index is 6.37. The molecule has 4 aliphatic rings. The SMILES string of the molecule is C1=CCCC(C2=CC=C(c3nc(C4C=CC(n5c6ccccc6c6c7c8c(oc7ccc65)CCC=C8)=CC4)nc4ccccc34)CC2)=C1. The summed E-state index contributed by atoms with van der Waals surface area (Å²) in [5.74, 6) is 2.11. The number of aryl methyl sites for hydroxylation is 1.